The molecule has 0 saturated heterocycles. The summed E-state index contributed by atoms with van der Waals surface area (Å²) in [5, 5.41) is 6.03. The second-order valence-corrected chi connectivity index (χ2v) is 5.98. The lowest BCUT2D eigenvalue weighted by Crippen LogP contribution is -2.41. The predicted octanol–water partition coefficient (Wildman–Crippen LogP) is 2.27. The lowest BCUT2D eigenvalue weighted by molar-refractivity contribution is 0.359. The van der Waals surface area contributed by atoms with E-state index >= 15 is 0 Å². The van der Waals surface area contributed by atoms with Gasteiger partial charge in [-0.05, 0) is 24.5 Å². The van der Waals surface area contributed by atoms with Crippen LogP contribution in [0.25, 0.3) is 0 Å². The number of hydrogen-bond donors (Lipinski definition) is 2. The van der Waals surface area contributed by atoms with Crippen molar-refractivity contribution in [3.8, 4) is 0 Å². The van der Waals surface area contributed by atoms with Crippen LogP contribution in [-0.4, -0.2) is 11.0 Å². The van der Waals surface area contributed by atoms with E-state index in [9.17, 15) is 9.59 Å². The standard InChI is InChI=1S/C15H19N3O2/c1-9(15(2,3)4)17-11-12(14(20)13(11)19)18-10-7-5-6-8-16-10/h5-9,17H,1-4H3,(H,16,18)/t9-/m1/s1. The first-order valence-corrected chi connectivity index (χ1v) is 6.58. The van der Waals surface area contributed by atoms with E-state index in [2.05, 4.69) is 36.4 Å². The van der Waals surface area contributed by atoms with Crippen LogP contribution in [0.15, 0.2) is 34.0 Å². The van der Waals surface area contributed by atoms with Crippen LogP contribution < -0.4 is 21.5 Å². The molecule has 0 aliphatic heterocycles. The minimum absolute atomic E-state index is 0.0119. The number of nitrogens with zero attached hydrogens (tertiary/aromatic N) is 1. The van der Waals surface area contributed by atoms with E-state index in [-0.39, 0.29) is 11.5 Å². The molecule has 0 unspecified atom stereocenters. The second kappa shape index (κ2) is 5.07. The van der Waals surface area contributed by atoms with Gasteiger partial charge in [0, 0.05) is 12.2 Å². The zero-order valence-corrected chi connectivity index (χ0v) is 12.2. The van der Waals surface area contributed by atoms with Gasteiger partial charge in [-0.25, -0.2) is 4.98 Å². The molecule has 0 spiro atoms. The minimum atomic E-state index is -0.501. The van der Waals surface area contributed by atoms with Crippen LogP contribution in [0, 0.1) is 5.41 Å². The highest BCUT2D eigenvalue weighted by atomic mass is 16.2. The topological polar surface area (TPSA) is 71.1 Å². The second-order valence-electron chi connectivity index (χ2n) is 5.98. The average molecular weight is 273 g/mol. The van der Waals surface area contributed by atoms with Gasteiger partial charge in [0.05, 0.1) is 0 Å². The van der Waals surface area contributed by atoms with Crippen molar-refractivity contribution >= 4 is 17.2 Å². The Morgan fingerprint density at radius 3 is 2.30 bits per heavy atom. The van der Waals surface area contributed by atoms with Crippen LogP contribution in [0.5, 0.6) is 0 Å². The monoisotopic (exact) mass is 273 g/mol. The summed E-state index contributed by atoms with van der Waals surface area (Å²) in [5.74, 6) is 0.547. The predicted molar refractivity (Wildman–Crippen MR) is 81.4 cm³/mol. The Labute approximate surface area is 117 Å². The highest BCUT2D eigenvalue weighted by Gasteiger charge is 2.26. The molecular formula is C15H19N3O2. The van der Waals surface area contributed by atoms with Gasteiger partial charge in [-0.2, -0.15) is 0 Å². The third-order valence-electron chi connectivity index (χ3n) is 3.49. The molecule has 0 saturated carbocycles. The van der Waals surface area contributed by atoms with Crippen molar-refractivity contribution in [1.29, 1.82) is 0 Å². The van der Waals surface area contributed by atoms with Crippen molar-refractivity contribution in [1.82, 2.24) is 4.98 Å². The van der Waals surface area contributed by atoms with Gasteiger partial charge in [-0.15, -0.1) is 0 Å². The van der Waals surface area contributed by atoms with Crippen LogP contribution in [0.4, 0.5) is 17.2 Å². The van der Waals surface area contributed by atoms with Gasteiger partial charge in [-0.3, -0.25) is 9.59 Å². The van der Waals surface area contributed by atoms with Gasteiger partial charge in [-0.1, -0.05) is 26.8 Å². The van der Waals surface area contributed by atoms with E-state index < -0.39 is 10.9 Å². The third kappa shape index (κ3) is 2.71. The van der Waals surface area contributed by atoms with Gasteiger partial charge in [0.1, 0.15) is 17.2 Å². The number of hydrogen-bond acceptors (Lipinski definition) is 5. The molecule has 0 fully saturated rings. The number of anilines is 3. The van der Waals surface area contributed by atoms with Gasteiger partial charge >= 0.3 is 0 Å². The van der Waals surface area contributed by atoms with E-state index in [4.69, 9.17) is 0 Å². The zero-order chi connectivity index (χ0) is 14.9. The number of pyridine rings is 1. The average Bonchev–Trinajstić information content (AvgIpc) is 2.42. The summed E-state index contributed by atoms with van der Waals surface area (Å²) in [7, 11) is 0. The lowest BCUT2D eigenvalue weighted by Gasteiger charge is -2.30. The van der Waals surface area contributed by atoms with E-state index in [1.165, 1.54) is 0 Å². The van der Waals surface area contributed by atoms with Crippen LogP contribution >= 0.6 is 0 Å². The largest absolute Gasteiger partial charge is 0.377 e. The van der Waals surface area contributed by atoms with Crippen molar-refractivity contribution in [2.75, 3.05) is 10.6 Å². The molecule has 0 radical (unpaired) electrons. The Kier molecular flexibility index (Phi) is 3.61. The van der Waals surface area contributed by atoms with E-state index in [0.717, 1.165) is 0 Å². The summed E-state index contributed by atoms with van der Waals surface area (Å²) in [6, 6.07) is 5.41. The molecular weight excluding hydrogens is 254 g/mol. The summed E-state index contributed by atoms with van der Waals surface area (Å²) in [4.78, 5) is 27.4. The van der Waals surface area contributed by atoms with Crippen molar-refractivity contribution in [2.24, 2.45) is 5.41 Å². The minimum Gasteiger partial charge on any atom is -0.377 e. The molecule has 1 heterocycles. The van der Waals surface area contributed by atoms with Gasteiger partial charge in [0.2, 0.25) is 0 Å². The van der Waals surface area contributed by atoms with E-state index in [1.807, 2.05) is 13.0 Å². The molecule has 2 N–H and O–H groups in total. The lowest BCUT2D eigenvalue weighted by atomic mass is 9.87. The Morgan fingerprint density at radius 2 is 1.75 bits per heavy atom. The van der Waals surface area contributed by atoms with Crippen LogP contribution in [0.1, 0.15) is 27.7 Å². The van der Waals surface area contributed by atoms with Crippen LogP contribution in [0.2, 0.25) is 0 Å². The molecule has 20 heavy (non-hydrogen) atoms. The maximum atomic E-state index is 11.7. The molecule has 106 valence electrons. The molecule has 0 aliphatic rings. The molecule has 1 aromatic heterocycles. The van der Waals surface area contributed by atoms with E-state index in [1.54, 1.807) is 18.3 Å². The molecule has 0 aliphatic carbocycles. The van der Waals surface area contributed by atoms with Crippen molar-refractivity contribution in [2.45, 2.75) is 33.7 Å². The maximum Gasteiger partial charge on any atom is 0.253 e. The number of aromatic nitrogens is 1. The number of rotatable bonds is 4. The SMILES string of the molecule is C[C@@H](Nc1c(Nc2ccccn2)c(=O)c1=O)C(C)(C)C. The van der Waals surface area contributed by atoms with Crippen molar-refractivity contribution < 1.29 is 0 Å². The molecule has 2 rings (SSSR count). The van der Waals surface area contributed by atoms with Crippen molar-refractivity contribution in [3.63, 3.8) is 0 Å². The summed E-state index contributed by atoms with van der Waals surface area (Å²) in [6.45, 7) is 8.20. The Hall–Kier alpha value is -2.17. The van der Waals surface area contributed by atoms with Crippen molar-refractivity contribution in [3.05, 3.63) is 44.8 Å². The highest BCUT2D eigenvalue weighted by Crippen LogP contribution is 2.25. The number of nitrogens with one attached hydrogen (secondary N) is 2. The Balaban J connectivity index is 2.22. The molecule has 1 aromatic carbocycles. The van der Waals surface area contributed by atoms with Crippen LogP contribution in [-0.2, 0) is 0 Å². The first-order chi connectivity index (χ1) is 9.30. The Morgan fingerprint density at radius 1 is 1.10 bits per heavy atom. The molecule has 5 nitrogen and oxygen atoms in total. The summed E-state index contributed by atoms with van der Waals surface area (Å²) >= 11 is 0. The van der Waals surface area contributed by atoms with Gasteiger partial charge in [0.25, 0.3) is 10.9 Å². The fourth-order valence-electron chi connectivity index (χ4n) is 1.65. The first kappa shape index (κ1) is 14.2. The quantitative estimate of drug-likeness (QED) is 0.836. The third-order valence-corrected chi connectivity index (χ3v) is 3.49. The smallest absolute Gasteiger partial charge is 0.253 e. The fraction of sp³-hybridized carbons (Fsp3) is 0.400. The summed E-state index contributed by atoms with van der Waals surface area (Å²) in [5.41, 5.74) is -0.339. The zero-order valence-electron chi connectivity index (χ0n) is 12.2. The highest BCUT2D eigenvalue weighted by molar-refractivity contribution is 5.78. The van der Waals surface area contributed by atoms with Gasteiger partial charge < -0.3 is 10.6 Å². The fourth-order valence-corrected chi connectivity index (χ4v) is 1.65. The summed E-state index contributed by atoms with van der Waals surface area (Å²) in [6.07, 6.45) is 1.62. The molecule has 0 amide bonds. The molecule has 2 aromatic rings. The molecule has 0 bridgehead atoms. The van der Waals surface area contributed by atoms with Gasteiger partial charge in [0.15, 0.2) is 0 Å². The van der Waals surface area contributed by atoms with E-state index in [0.29, 0.717) is 17.2 Å². The maximum absolute atomic E-state index is 11.7. The normalized spacial score (nSPS) is 13.2. The Bertz CT molecular complexity index is 665. The molecule has 5 heteroatoms. The first-order valence-electron chi connectivity index (χ1n) is 6.58. The van der Waals surface area contributed by atoms with Crippen LogP contribution in [0.3, 0.4) is 0 Å². The molecule has 1 atom stereocenters. The summed E-state index contributed by atoms with van der Waals surface area (Å²) < 4.78 is 0.